The van der Waals surface area contributed by atoms with E-state index in [1.165, 1.54) is 0 Å². The van der Waals surface area contributed by atoms with Crippen LogP contribution in [0.4, 0.5) is 0 Å². The zero-order valence-electron chi connectivity index (χ0n) is 9.19. The third-order valence-electron chi connectivity index (χ3n) is 2.66. The highest BCUT2D eigenvalue weighted by molar-refractivity contribution is 5.77. The maximum absolute atomic E-state index is 11.5. The van der Waals surface area contributed by atoms with Gasteiger partial charge >= 0.3 is 0 Å². The normalized spacial score (nSPS) is 24.7. The van der Waals surface area contributed by atoms with Gasteiger partial charge in [0.05, 0.1) is 12.7 Å². The van der Waals surface area contributed by atoms with Gasteiger partial charge in [0, 0.05) is 20.1 Å². The summed E-state index contributed by atoms with van der Waals surface area (Å²) in [7, 11) is 1.76. The van der Waals surface area contributed by atoms with Crippen molar-refractivity contribution in [1.29, 1.82) is 0 Å². The summed E-state index contributed by atoms with van der Waals surface area (Å²) in [6.45, 7) is 1.67. The summed E-state index contributed by atoms with van der Waals surface area (Å²) >= 11 is 0. The van der Waals surface area contributed by atoms with Crippen LogP contribution in [0.15, 0.2) is 0 Å². The molecule has 0 aliphatic heterocycles. The second kappa shape index (κ2) is 6.05. The molecule has 3 N–H and O–H groups in total. The Morgan fingerprint density at radius 1 is 1.60 bits per heavy atom. The zero-order valence-corrected chi connectivity index (χ0v) is 9.19. The first-order chi connectivity index (χ1) is 7.13. The predicted octanol–water partition coefficient (Wildman–Crippen LogP) is -0.809. The van der Waals surface area contributed by atoms with E-state index >= 15 is 0 Å². The summed E-state index contributed by atoms with van der Waals surface area (Å²) in [4.78, 5) is 13.1. The largest absolute Gasteiger partial charge is 0.393 e. The number of aliphatic hydroxyl groups excluding tert-OH is 1. The number of carbonyl (C=O) groups is 1. The predicted molar refractivity (Wildman–Crippen MR) is 56.2 cm³/mol. The molecule has 0 radical (unpaired) electrons. The number of amides is 1. The molecule has 0 unspecified atom stereocenters. The van der Waals surface area contributed by atoms with Crippen LogP contribution in [0.2, 0.25) is 0 Å². The lowest BCUT2D eigenvalue weighted by molar-refractivity contribution is -0.136. The van der Waals surface area contributed by atoms with Gasteiger partial charge < -0.3 is 20.5 Å². The smallest absolute Gasteiger partial charge is 0.248 e. The van der Waals surface area contributed by atoms with Crippen molar-refractivity contribution in [3.05, 3.63) is 0 Å². The molecule has 1 rings (SSSR count). The Morgan fingerprint density at radius 3 is 2.80 bits per heavy atom. The van der Waals surface area contributed by atoms with Crippen LogP contribution in [0.5, 0.6) is 0 Å². The Balaban J connectivity index is 2.10. The van der Waals surface area contributed by atoms with Gasteiger partial charge in [-0.1, -0.05) is 0 Å². The lowest BCUT2D eigenvalue weighted by Crippen LogP contribution is -2.40. The molecule has 0 aromatic heterocycles. The van der Waals surface area contributed by atoms with Gasteiger partial charge in [-0.2, -0.15) is 0 Å². The lowest BCUT2D eigenvalue weighted by atomic mass is 9.82. The Morgan fingerprint density at radius 2 is 2.27 bits per heavy atom. The van der Waals surface area contributed by atoms with Crippen LogP contribution in [-0.2, 0) is 9.53 Å². The van der Waals surface area contributed by atoms with E-state index in [1.54, 1.807) is 11.9 Å². The number of nitrogens with zero attached hydrogens (tertiary/aromatic N) is 1. The minimum Gasteiger partial charge on any atom is -0.393 e. The average molecular weight is 216 g/mol. The highest BCUT2D eigenvalue weighted by Crippen LogP contribution is 2.27. The summed E-state index contributed by atoms with van der Waals surface area (Å²) in [5, 5.41) is 9.10. The molecule has 0 spiro atoms. The van der Waals surface area contributed by atoms with Crippen molar-refractivity contribution in [3.8, 4) is 0 Å². The Labute approximate surface area is 90.2 Å². The molecule has 1 aliphatic rings. The van der Waals surface area contributed by atoms with E-state index in [1.807, 2.05) is 0 Å². The van der Waals surface area contributed by atoms with Crippen molar-refractivity contribution in [3.63, 3.8) is 0 Å². The fourth-order valence-electron chi connectivity index (χ4n) is 1.69. The number of hydrogen-bond donors (Lipinski definition) is 2. The summed E-state index contributed by atoms with van der Waals surface area (Å²) < 4.78 is 5.05. The molecule has 0 atom stereocenters. The van der Waals surface area contributed by atoms with Gasteiger partial charge in [0.1, 0.15) is 6.61 Å². The molecule has 15 heavy (non-hydrogen) atoms. The molecule has 0 saturated heterocycles. The van der Waals surface area contributed by atoms with Crippen molar-refractivity contribution in [2.24, 2.45) is 11.7 Å². The quantitative estimate of drug-likeness (QED) is 0.569. The summed E-state index contributed by atoms with van der Waals surface area (Å²) in [6.07, 6.45) is 1.45. The minimum absolute atomic E-state index is 0.0233. The fraction of sp³-hybridized carbons (Fsp3) is 0.900. The van der Waals surface area contributed by atoms with Crippen LogP contribution in [0, 0.1) is 5.92 Å². The molecular formula is C10H20N2O3. The average Bonchev–Trinajstić information content (AvgIpc) is 2.15. The van der Waals surface area contributed by atoms with Crippen LogP contribution in [0.25, 0.3) is 0 Å². The molecule has 1 saturated carbocycles. The molecule has 5 heteroatoms. The van der Waals surface area contributed by atoms with Gasteiger partial charge in [-0.3, -0.25) is 4.79 Å². The molecule has 1 amide bonds. The van der Waals surface area contributed by atoms with Gasteiger partial charge in [-0.25, -0.2) is 0 Å². The molecule has 0 heterocycles. The molecule has 0 bridgehead atoms. The minimum atomic E-state index is -0.160. The monoisotopic (exact) mass is 216 g/mol. The van der Waals surface area contributed by atoms with Crippen molar-refractivity contribution >= 4 is 5.91 Å². The van der Waals surface area contributed by atoms with Crippen molar-refractivity contribution in [2.75, 3.05) is 33.4 Å². The summed E-state index contributed by atoms with van der Waals surface area (Å²) in [6, 6.07) is 0. The maximum atomic E-state index is 11.5. The third-order valence-corrected chi connectivity index (χ3v) is 2.66. The van der Waals surface area contributed by atoms with Gasteiger partial charge in [0.25, 0.3) is 0 Å². The number of aliphatic hydroxyl groups is 1. The SMILES string of the molecule is CN(CC1CC(O)C1)C(=O)COCCN. The van der Waals surface area contributed by atoms with Gasteiger partial charge in [0.15, 0.2) is 0 Å². The molecule has 1 aliphatic carbocycles. The summed E-state index contributed by atoms with van der Waals surface area (Å²) in [5.41, 5.74) is 5.24. The molecule has 1 fully saturated rings. The number of ether oxygens (including phenoxy) is 1. The standard InChI is InChI=1S/C10H20N2O3/c1-12(6-8-4-9(13)5-8)10(14)7-15-3-2-11/h8-9,13H,2-7,11H2,1H3. The van der Waals surface area contributed by atoms with Crippen molar-refractivity contribution < 1.29 is 14.6 Å². The summed E-state index contributed by atoms with van der Waals surface area (Å²) in [5.74, 6) is 0.424. The van der Waals surface area contributed by atoms with E-state index < -0.39 is 0 Å². The molecule has 0 aromatic rings. The Bertz CT molecular complexity index is 205. The van der Waals surface area contributed by atoms with Crippen molar-refractivity contribution in [1.82, 2.24) is 4.90 Å². The first-order valence-corrected chi connectivity index (χ1v) is 5.33. The molecule has 0 aromatic carbocycles. The van der Waals surface area contributed by atoms with E-state index in [9.17, 15) is 4.79 Å². The highest BCUT2D eigenvalue weighted by Gasteiger charge is 2.28. The second-order valence-electron chi connectivity index (χ2n) is 4.11. The number of rotatable bonds is 6. The Kier molecular flexibility index (Phi) is 5.01. The van der Waals surface area contributed by atoms with E-state index in [0.29, 0.717) is 25.6 Å². The number of nitrogens with two attached hydrogens (primary N) is 1. The van der Waals surface area contributed by atoms with E-state index in [-0.39, 0.29) is 18.6 Å². The van der Waals surface area contributed by atoms with E-state index in [2.05, 4.69) is 0 Å². The van der Waals surface area contributed by atoms with Crippen LogP contribution >= 0.6 is 0 Å². The molecule has 5 nitrogen and oxygen atoms in total. The first-order valence-electron chi connectivity index (χ1n) is 5.33. The third kappa shape index (κ3) is 4.15. The van der Waals surface area contributed by atoms with E-state index in [4.69, 9.17) is 15.6 Å². The number of hydrogen-bond acceptors (Lipinski definition) is 4. The van der Waals surface area contributed by atoms with Gasteiger partial charge in [-0.15, -0.1) is 0 Å². The molecular weight excluding hydrogens is 196 g/mol. The van der Waals surface area contributed by atoms with Crippen LogP contribution in [-0.4, -0.2) is 55.4 Å². The maximum Gasteiger partial charge on any atom is 0.248 e. The topological polar surface area (TPSA) is 75.8 Å². The number of carbonyl (C=O) groups excluding carboxylic acids is 1. The fourth-order valence-corrected chi connectivity index (χ4v) is 1.69. The lowest BCUT2D eigenvalue weighted by Gasteiger charge is -2.34. The van der Waals surface area contributed by atoms with Gasteiger partial charge in [-0.05, 0) is 18.8 Å². The highest BCUT2D eigenvalue weighted by atomic mass is 16.5. The van der Waals surface area contributed by atoms with E-state index in [0.717, 1.165) is 12.8 Å². The van der Waals surface area contributed by atoms with Gasteiger partial charge in [0.2, 0.25) is 5.91 Å². The number of likely N-dealkylation sites (N-methyl/N-ethyl adjacent to an activating group) is 1. The Hall–Kier alpha value is -0.650. The van der Waals surface area contributed by atoms with Crippen LogP contribution in [0.1, 0.15) is 12.8 Å². The van der Waals surface area contributed by atoms with Crippen LogP contribution < -0.4 is 5.73 Å². The van der Waals surface area contributed by atoms with Crippen molar-refractivity contribution in [2.45, 2.75) is 18.9 Å². The molecule has 88 valence electrons. The zero-order chi connectivity index (χ0) is 11.3. The first kappa shape index (κ1) is 12.4. The van der Waals surface area contributed by atoms with Crippen LogP contribution in [0.3, 0.4) is 0 Å². The second-order valence-corrected chi connectivity index (χ2v) is 4.11.